The fourth-order valence-electron chi connectivity index (χ4n) is 1.97. The van der Waals surface area contributed by atoms with Gasteiger partial charge in [-0.25, -0.2) is 12.2 Å². The SMILES string of the molecule is CC(C)(C)C1=CC=[C-]C1.C[Si](C)=[Hf+2].Cl.Cl.c1ccc2[cH-]ccc2c1. The van der Waals surface area contributed by atoms with Crippen molar-refractivity contribution in [2.45, 2.75) is 40.3 Å². The zero-order valence-corrected chi connectivity index (χ0v) is 21.4. The summed E-state index contributed by atoms with van der Waals surface area (Å²) in [5.41, 5.74) is 2.09. The Kier molecular flexibility index (Phi) is 14.4. The molecular formula is C20H28Cl2HfSi. The van der Waals surface area contributed by atoms with Crippen molar-refractivity contribution in [2.75, 3.05) is 0 Å². The van der Waals surface area contributed by atoms with Crippen molar-refractivity contribution in [1.82, 2.24) is 0 Å². The van der Waals surface area contributed by atoms with Crippen LogP contribution in [0.1, 0.15) is 27.2 Å². The van der Waals surface area contributed by atoms with Crippen LogP contribution in [0.15, 0.2) is 60.2 Å². The van der Waals surface area contributed by atoms with Crippen LogP contribution in [-0.2, 0) is 23.0 Å². The molecule has 0 amide bonds. The van der Waals surface area contributed by atoms with Gasteiger partial charge in [-0.05, 0) is 5.41 Å². The number of hydrogen-bond donors (Lipinski definition) is 0. The minimum atomic E-state index is 0. The second-order valence-corrected chi connectivity index (χ2v) is 19.4. The average molecular weight is 546 g/mol. The summed E-state index contributed by atoms with van der Waals surface area (Å²) in [7, 11) is 0. The van der Waals surface area contributed by atoms with Gasteiger partial charge < -0.3 is 0 Å². The molecule has 0 heterocycles. The van der Waals surface area contributed by atoms with Crippen LogP contribution in [0.25, 0.3) is 10.8 Å². The molecule has 2 aromatic carbocycles. The van der Waals surface area contributed by atoms with E-state index in [1.807, 2.05) is 6.08 Å². The fourth-order valence-corrected chi connectivity index (χ4v) is 1.97. The summed E-state index contributed by atoms with van der Waals surface area (Å²) >= 11 is 1.45. The number of rotatable bonds is 0. The maximum atomic E-state index is 3.16. The van der Waals surface area contributed by atoms with Gasteiger partial charge in [0.05, 0.1) is 0 Å². The predicted molar refractivity (Wildman–Crippen MR) is 111 cm³/mol. The molecule has 0 bridgehead atoms. The van der Waals surface area contributed by atoms with E-state index in [0.717, 1.165) is 6.42 Å². The molecule has 0 spiro atoms. The monoisotopic (exact) mass is 546 g/mol. The van der Waals surface area contributed by atoms with Crippen molar-refractivity contribution in [2.24, 2.45) is 5.41 Å². The van der Waals surface area contributed by atoms with Crippen molar-refractivity contribution in [3.8, 4) is 0 Å². The summed E-state index contributed by atoms with van der Waals surface area (Å²) in [6.07, 6.45) is 8.37. The largest absolute Gasteiger partial charge is 0.168 e. The van der Waals surface area contributed by atoms with Gasteiger partial charge in [0.2, 0.25) is 0 Å². The van der Waals surface area contributed by atoms with Crippen LogP contribution < -0.4 is 0 Å². The molecule has 1 aliphatic carbocycles. The molecule has 2 aromatic rings. The third-order valence-electron chi connectivity index (χ3n) is 3.21. The number of allylic oxidation sites excluding steroid dienone is 4. The van der Waals surface area contributed by atoms with Crippen molar-refractivity contribution < 1.29 is 23.0 Å². The van der Waals surface area contributed by atoms with Crippen LogP contribution in [0.2, 0.25) is 13.1 Å². The van der Waals surface area contributed by atoms with Crippen LogP contribution in [0, 0.1) is 11.5 Å². The van der Waals surface area contributed by atoms with Crippen LogP contribution >= 0.6 is 24.8 Å². The van der Waals surface area contributed by atoms with Gasteiger partial charge in [0.25, 0.3) is 0 Å². The van der Waals surface area contributed by atoms with E-state index < -0.39 is 0 Å². The van der Waals surface area contributed by atoms with Gasteiger partial charge in [-0.2, -0.15) is 23.1 Å². The van der Waals surface area contributed by atoms with E-state index in [1.54, 1.807) is 0 Å². The molecule has 0 aromatic heterocycles. The van der Waals surface area contributed by atoms with Crippen molar-refractivity contribution in [3.05, 3.63) is 66.3 Å². The molecule has 0 radical (unpaired) electrons. The van der Waals surface area contributed by atoms with E-state index in [4.69, 9.17) is 0 Å². The number of hydrogen-bond acceptors (Lipinski definition) is 0. The summed E-state index contributed by atoms with van der Waals surface area (Å²) in [5.74, 6) is 0. The molecule has 0 N–H and O–H groups in total. The van der Waals surface area contributed by atoms with Gasteiger partial charge in [-0.15, -0.1) is 60.9 Å². The predicted octanol–water partition coefficient (Wildman–Crippen LogP) is 6.91. The van der Waals surface area contributed by atoms with Crippen LogP contribution in [-0.4, -0.2) is 5.49 Å². The van der Waals surface area contributed by atoms with Crippen molar-refractivity contribution >= 4 is 41.1 Å². The van der Waals surface area contributed by atoms with Gasteiger partial charge >= 0.3 is 41.6 Å². The molecule has 1 aliphatic rings. The summed E-state index contributed by atoms with van der Waals surface area (Å²) in [4.78, 5) is 0. The van der Waals surface area contributed by atoms with Crippen molar-refractivity contribution in [3.63, 3.8) is 0 Å². The van der Waals surface area contributed by atoms with Crippen LogP contribution in [0.4, 0.5) is 0 Å². The Morgan fingerprint density at radius 3 is 2.08 bits per heavy atom. The smallest absolute Gasteiger partial charge is 0.0809 e. The Morgan fingerprint density at radius 2 is 1.67 bits per heavy atom. The van der Waals surface area contributed by atoms with Crippen LogP contribution in [0.5, 0.6) is 0 Å². The van der Waals surface area contributed by atoms with Gasteiger partial charge in [0.15, 0.2) is 0 Å². The molecule has 130 valence electrons. The second-order valence-electron chi connectivity index (χ2n) is 6.64. The first-order valence-corrected chi connectivity index (χ1v) is 15.6. The minimum Gasteiger partial charge on any atom is -0.168 e. The second kappa shape index (κ2) is 13.2. The number of fused-ring (bicyclic) bond motifs is 1. The van der Waals surface area contributed by atoms with Gasteiger partial charge in [0, 0.05) is 0 Å². The summed E-state index contributed by atoms with van der Waals surface area (Å²) in [5, 5.41) is 2.66. The Hall–Kier alpha value is -0.0230. The van der Waals surface area contributed by atoms with Crippen LogP contribution in [0.3, 0.4) is 0 Å². The average Bonchev–Trinajstić information content (AvgIpc) is 3.10. The first-order valence-electron chi connectivity index (χ1n) is 7.69. The first kappa shape index (κ1) is 26.2. The van der Waals surface area contributed by atoms with E-state index in [9.17, 15) is 0 Å². The zero-order chi connectivity index (χ0) is 16.6. The van der Waals surface area contributed by atoms with Gasteiger partial charge in [-0.3, -0.25) is 6.08 Å². The first-order chi connectivity index (χ1) is 10.3. The Labute approximate surface area is 175 Å². The van der Waals surface area contributed by atoms with E-state index in [1.165, 1.54) is 39.3 Å². The Balaban J connectivity index is 0. The summed E-state index contributed by atoms with van der Waals surface area (Å²) in [6, 6.07) is 14.7. The molecule has 3 rings (SSSR count). The number of halogens is 2. The number of benzene rings is 1. The normalized spacial score (nSPS) is 11.9. The Bertz CT molecular complexity index is 629. The Morgan fingerprint density at radius 1 is 1.08 bits per heavy atom. The van der Waals surface area contributed by atoms with E-state index in [0.29, 0.717) is 5.41 Å². The maximum absolute atomic E-state index is 3.16. The van der Waals surface area contributed by atoms with Gasteiger partial charge in [0.1, 0.15) is 0 Å². The molecule has 4 heteroatoms. The van der Waals surface area contributed by atoms with Crippen molar-refractivity contribution in [1.29, 1.82) is 0 Å². The molecule has 0 unspecified atom stereocenters. The third-order valence-corrected chi connectivity index (χ3v) is 3.21. The molecule has 0 atom stereocenters. The molecule has 0 fully saturated rings. The molecule has 24 heavy (non-hydrogen) atoms. The summed E-state index contributed by atoms with van der Waals surface area (Å²) in [6.45, 7) is 11.4. The molecular weight excluding hydrogens is 518 g/mol. The van der Waals surface area contributed by atoms with E-state index in [-0.39, 0.29) is 30.3 Å². The topological polar surface area (TPSA) is 0 Å². The third kappa shape index (κ3) is 10.8. The summed E-state index contributed by atoms with van der Waals surface area (Å²) < 4.78 is 0. The fraction of sp³-hybridized carbons (Fsp3) is 0.350. The standard InChI is InChI=1S/C9H7.C9H13.C2H6Si.2ClH.Hf/c1-2-5-9-7-3-6-8(9)4-1;1-9(2,3)8-6-4-5-7-8;1-3-2;;;/h1-7H;4,6H,7H2,1-3H3;1-2H3;2*1H;/q2*-1;;;;+2. The quantitative estimate of drug-likeness (QED) is 0.249. The molecule has 0 nitrogen and oxygen atoms in total. The van der Waals surface area contributed by atoms with E-state index >= 15 is 0 Å². The molecule has 0 saturated heterocycles. The molecule has 0 aliphatic heterocycles. The minimum absolute atomic E-state index is 0. The maximum Gasteiger partial charge on any atom is -0.0809 e. The molecule has 0 saturated carbocycles. The van der Waals surface area contributed by atoms with Gasteiger partial charge in [-0.1, -0.05) is 26.8 Å². The zero-order valence-electron chi connectivity index (χ0n) is 15.2. The van der Waals surface area contributed by atoms with E-state index in [2.05, 4.69) is 88.5 Å².